The minimum atomic E-state index is -0.823. The summed E-state index contributed by atoms with van der Waals surface area (Å²) in [5.74, 6) is 1.48. The molecule has 0 radical (unpaired) electrons. The van der Waals surface area contributed by atoms with E-state index in [2.05, 4.69) is 42.5 Å². The lowest BCUT2D eigenvalue weighted by Crippen LogP contribution is -2.27. The SMILES string of the molecule is CC1CCC(c2nnc(SCC(=O)O)n2C(C)(C)C)CC1. The summed E-state index contributed by atoms with van der Waals surface area (Å²) in [4.78, 5) is 10.8. The number of thioether (sulfide) groups is 1. The molecule has 1 aliphatic rings. The van der Waals surface area contributed by atoms with Crippen molar-refractivity contribution in [3.05, 3.63) is 5.82 Å². The summed E-state index contributed by atoms with van der Waals surface area (Å²) in [6, 6.07) is 0. The van der Waals surface area contributed by atoms with Crippen molar-refractivity contribution in [1.29, 1.82) is 0 Å². The zero-order chi connectivity index (χ0) is 15.6. The Morgan fingerprint density at radius 2 is 1.90 bits per heavy atom. The average Bonchev–Trinajstić information content (AvgIpc) is 2.81. The zero-order valence-electron chi connectivity index (χ0n) is 13.3. The van der Waals surface area contributed by atoms with Gasteiger partial charge >= 0.3 is 5.97 Å². The van der Waals surface area contributed by atoms with Gasteiger partial charge in [0.25, 0.3) is 0 Å². The van der Waals surface area contributed by atoms with Gasteiger partial charge in [-0.15, -0.1) is 10.2 Å². The number of nitrogens with zero attached hydrogens (tertiary/aromatic N) is 3. The highest BCUT2D eigenvalue weighted by atomic mass is 32.2. The van der Waals surface area contributed by atoms with E-state index in [4.69, 9.17) is 5.11 Å². The molecule has 0 unspecified atom stereocenters. The van der Waals surface area contributed by atoms with E-state index in [1.165, 1.54) is 24.6 Å². The Morgan fingerprint density at radius 1 is 1.29 bits per heavy atom. The van der Waals surface area contributed by atoms with E-state index < -0.39 is 5.97 Å². The van der Waals surface area contributed by atoms with E-state index in [1.54, 1.807) is 0 Å². The third kappa shape index (κ3) is 3.99. The Bertz CT molecular complexity index is 500. The number of hydrogen-bond acceptors (Lipinski definition) is 4. The molecule has 0 amide bonds. The van der Waals surface area contributed by atoms with Crippen LogP contribution in [0.5, 0.6) is 0 Å². The molecule has 0 aromatic carbocycles. The molecular weight excluding hydrogens is 286 g/mol. The first-order valence-corrected chi connectivity index (χ1v) is 8.58. The normalized spacial score (nSPS) is 23.2. The van der Waals surface area contributed by atoms with Crippen molar-refractivity contribution in [2.75, 3.05) is 5.75 Å². The maximum absolute atomic E-state index is 10.8. The molecule has 0 spiro atoms. The van der Waals surface area contributed by atoms with Crippen LogP contribution < -0.4 is 0 Å². The van der Waals surface area contributed by atoms with Crippen LogP contribution in [0, 0.1) is 5.92 Å². The summed E-state index contributed by atoms with van der Waals surface area (Å²) in [6.45, 7) is 8.67. The summed E-state index contributed by atoms with van der Waals surface area (Å²) >= 11 is 1.26. The van der Waals surface area contributed by atoms with Crippen LogP contribution in [-0.4, -0.2) is 31.6 Å². The Morgan fingerprint density at radius 3 is 2.43 bits per heavy atom. The average molecular weight is 311 g/mol. The molecule has 118 valence electrons. The van der Waals surface area contributed by atoms with Gasteiger partial charge in [-0.25, -0.2) is 0 Å². The first kappa shape index (κ1) is 16.3. The highest BCUT2D eigenvalue weighted by Gasteiger charge is 2.30. The van der Waals surface area contributed by atoms with Gasteiger partial charge in [-0.3, -0.25) is 4.79 Å². The quantitative estimate of drug-likeness (QED) is 0.862. The minimum absolute atomic E-state index is 0.0237. The Balaban J connectivity index is 2.26. The molecular formula is C15H25N3O2S. The third-order valence-corrected chi connectivity index (χ3v) is 4.95. The van der Waals surface area contributed by atoms with E-state index in [1.807, 2.05) is 0 Å². The van der Waals surface area contributed by atoms with Gasteiger partial charge in [0.1, 0.15) is 5.82 Å². The number of carboxylic acids is 1. The van der Waals surface area contributed by atoms with Gasteiger partial charge in [0, 0.05) is 11.5 Å². The Hall–Kier alpha value is -1.04. The standard InChI is InChI=1S/C15H25N3O2S/c1-10-5-7-11(8-6-10)13-16-17-14(21-9-12(19)20)18(13)15(2,3)4/h10-11H,5-9H2,1-4H3,(H,19,20). The van der Waals surface area contributed by atoms with Gasteiger partial charge in [0.15, 0.2) is 5.16 Å². The number of rotatable bonds is 4. The second-order valence-corrected chi connectivity index (χ2v) is 7.93. The van der Waals surface area contributed by atoms with E-state index >= 15 is 0 Å². The molecule has 1 fully saturated rings. The summed E-state index contributed by atoms with van der Waals surface area (Å²) in [5.41, 5.74) is -0.136. The van der Waals surface area contributed by atoms with Crippen LogP contribution in [0.1, 0.15) is 65.1 Å². The molecule has 21 heavy (non-hydrogen) atoms. The fourth-order valence-corrected chi connectivity index (χ4v) is 3.76. The lowest BCUT2D eigenvalue weighted by Gasteiger charge is -2.30. The highest BCUT2D eigenvalue weighted by molar-refractivity contribution is 7.99. The molecule has 0 atom stereocenters. The van der Waals surface area contributed by atoms with Crippen LogP contribution in [0.3, 0.4) is 0 Å². The molecule has 2 rings (SSSR count). The topological polar surface area (TPSA) is 68.0 Å². The lowest BCUT2D eigenvalue weighted by molar-refractivity contribution is -0.133. The van der Waals surface area contributed by atoms with Crippen molar-refractivity contribution in [1.82, 2.24) is 14.8 Å². The van der Waals surface area contributed by atoms with Crippen molar-refractivity contribution >= 4 is 17.7 Å². The second kappa shape index (κ2) is 6.38. The van der Waals surface area contributed by atoms with Crippen LogP contribution in [-0.2, 0) is 10.3 Å². The van der Waals surface area contributed by atoms with E-state index in [0.717, 1.165) is 29.7 Å². The summed E-state index contributed by atoms with van der Waals surface area (Å²) in [6.07, 6.45) is 4.77. The molecule has 1 saturated carbocycles. The Kier molecular flexibility index (Phi) is 4.96. The second-order valence-electron chi connectivity index (χ2n) is 6.99. The fourth-order valence-electron chi connectivity index (χ4n) is 2.91. The maximum atomic E-state index is 10.8. The van der Waals surface area contributed by atoms with Crippen molar-refractivity contribution in [3.8, 4) is 0 Å². The van der Waals surface area contributed by atoms with Crippen LogP contribution in [0.25, 0.3) is 0 Å². The monoisotopic (exact) mass is 311 g/mol. The van der Waals surface area contributed by atoms with Gasteiger partial charge in [-0.2, -0.15) is 0 Å². The Labute approximate surface area is 130 Å². The molecule has 5 nitrogen and oxygen atoms in total. The van der Waals surface area contributed by atoms with Crippen molar-refractivity contribution in [3.63, 3.8) is 0 Å². The zero-order valence-corrected chi connectivity index (χ0v) is 14.1. The molecule has 0 aliphatic heterocycles. The number of carboxylic acid groups (broad SMARTS) is 1. The first-order chi connectivity index (χ1) is 9.79. The third-order valence-electron chi connectivity index (χ3n) is 4.03. The van der Waals surface area contributed by atoms with E-state index in [9.17, 15) is 4.79 Å². The largest absolute Gasteiger partial charge is 0.481 e. The molecule has 0 saturated heterocycles. The maximum Gasteiger partial charge on any atom is 0.313 e. The molecule has 1 aromatic rings. The van der Waals surface area contributed by atoms with Gasteiger partial charge in [0.2, 0.25) is 0 Å². The fraction of sp³-hybridized carbons (Fsp3) is 0.800. The molecule has 6 heteroatoms. The van der Waals surface area contributed by atoms with E-state index in [-0.39, 0.29) is 11.3 Å². The van der Waals surface area contributed by atoms with Crippen LogP contribution in [0.2, 0.25) is 0 Å². The van der Waals surface area contributed by atoms with Crippen LogP contribution in [0.4, 0.5) is 0 Å². The summed E-state index contributed by atoms with van der Waals surface area (Å²) in [7, 11) is 0. The first-order valence-electron chi connectivity index (χ1n) is 7.59. The van der Waals surface area contributed by atoms with Gasteiger partial charge in [-0.05, 0) is 39.5 Å². The van der Waals surface area contributed by atoms with Gasteiger partial charge in [-0.1, -0.05) is 31.5 Å². The van der Waals surface area contributed by atoms with Gasteiger partial charge in [0.05, 0.1) is 5.75 Å². The molecule has 1 aromatic heterocycles. The number of carbonyl (C=O) groups is 1. The summed E-state index contributed by atoms with van der Waals surface area (Å²) < 4.78 is 2.14. The van der Waals surface area contributed by atoms with E-state index in [0.29, 0.717) is 5.92 Å². The number of hydrogen-bond donors (Lipinski definition) is 1. The van der Waals surface area contributed by atoms with Crippen molar-refractivity contribution in [2.45, 2.75) is 70.0 Å². The molecule has 1 aliphatic carbocycles. The van der Waals surface area contributed by atoms with Crippen LogP contribution >= 0.6 is 11.8 Å². The predicted octanol–water partition coefficient (Wildman–Crippen LogP) is 3.50. The molecule has 0 bridgehead atoms. The molecule has 1 N–H and O–H groups in total. The van der Waals surface area contributed by atoms with Crippen LogP contribution in [0.15, 0.2) is 5.16 Å². The minimum Gasteiger partial charge on any atom is -0.481 e. The van der Waals surface area contributed by atoms with Crippen molar-refractivity contribution in [2.24, 2.45) is 5.92 Å². The smallest absolute Gasteiger partial charge is 0.313 e. The van der Waals surface area contributed by atoms with Crippen molar-refractivity contribution < 1.29 is 9.90 Å². The summed E-state index contributed by atoms with van der Waals surface area (Å²) in [5, 5.41) is 18.3. The lowest BCUT2D eigenvalue weighted by atomic mass is 9.82. The number of aliphatic carboxylic acids is 1. The number of aromatic nitrogens is 3. The predicted molar refractivity (Wildman–Crippen MR) is 83.8 cm³/mol. The van der Waals surface area contributed by atoms with Gasteiger partial charge < -0.3 is 9.67 Å². The highest BCUT2D eigenvalue weighted by Crippen LogP contribution is 2.37. The molecule has 1 heterocycles.